The van der Waals surface area contributed by atoms with Crippen LogP contribution < -0.4 is 19.5 Å². The number of ether oxygens (including phenoxy) is 3. The zero-order valence-corrected chi connectivity index (χ0v) is 15.2. The maximum absolute atomic E-state index is 12.6. The van der Waals surface area contributed by atoms with E-state index in [2.05, 4.69) is 15.5 Å². The molecule has 3 aromatic rings. The van der Waals surface area contributed by atoms with E-state index in [9.17, 15) is 4.79 Å². The molecule has 27 heavy (non-hydrogen) atoms. The number of hydrogen-bond acceptors (Lipinski definition) is 6. The number of hydrogen-bond donors (Lipinski definition) is 1. The largest absolute Gasteiger partial charge is 0.497 e. The molecule has 7 heteroatoms. The molecule has 7 nitrogen and oxygen atoms in total. The van der Waals surface area contributed by atoms with E-state index in [1.807, 2.05) is 18.2 Å². The molecule has 138 valence electrons. The molecule has 0 unspecified atom stereocenters. The number of rotatable bonds is 6. The van der Waals surface area contributed by atoms with Crippen LogP contribution in [0.5, 0.6) is 17.4 Å². The summed E-state index contributed by atoms with van der Waals surface area (Å²) in [6.07, 6.45) is 0. The SMILES string of the molecule is COc1ccc(C(=O)Nc2cccc(-c3ccc(OC)nn3)c2)c(OC)c1. The van der Waals surface area contributed by atoms with Gasteiger partial charge in [0.1, 0.15) is 11.5 Å². The first kappa shape index (κ1) is 18.2. The van der Waals surface area contributed by atoms with Crippen LogP contribution >= 0.6 is 0 Å². The lowest BCUT2D eigenvalue weighted by Crippen LogP contribution is -2.13. The smallest absolute Gasteiger partial charge is 0.259 e. The summed E-state index contributed by atoms with van der Waals surface area (Å²) in [5.74, 6) is 1.20. The van der Waals surface area contributed by atoms with E-state index < -0.39 is 0 Å². The first-order valence-corrected chi connectivity index (χ1v) is 8.16. The molecule has 0 fully saturated rings. The number of amides is 1. The fraction of sp³-hybridized carbons (Fsp3) is 0.150. The van der Waals surface area contributed by atoms with Crippen molar-refractivity contribution >= 4 is 11.6 Å². The second kappa shape index (κ2) is 8.18. The number of nitrogens with one attached hydrogen (secondary N) is 1. The van der Waals surface area contributed by atoms with Crippen LogP contribution in [-0.2, 0) is 0 Å². The Morgan fingerprint density at radius 2 is 1.74 bits per heavy atom. The maximum Gasteiger partial charge on any atom is 0.259 e. The molecule has 0 saturated heterocycles. The highest BCUT2D eigenvalue weighted by Crippen LogP contribution is 2.26. The summed E-state index contributed by atoms with van der Waals surface area (Å²) in [5.41, 5.74) is 2.54. The maximum atomic E-state index is 12.6. The quantitative estimate of drug-likeness (QED) is 0.721. The summed E-state index contributed by atoms with van der Waals surface area (Å²) in [4.78, 5) is 12.6. The lowest BCUT2D eigenvalue weighted by Gasteiger charge is -2.11. The molecule has 0 atom stereocenters. The topological polar surface area (TPSA) is 82.6 Å². The van der Waals surface area contributed by atoms with Gasteiger partial charge in [-0.05, 0) is 30.3 Å². The Hall–Kier alpha value is -3.61. The third-order valence-electron chi connectivity index (χ3n) is 3.92. The number of methoxy groups -OCH3 is 3. The van der Waals surface area contributed by atoms with Crippen molar-refractivity contribution in [3.05, 3.63) is 60.2 Å². The number of aromatic nitrogens is 2. The number of nitrogens with zero attached hydrogens (tertiary/aromatic N) is 2. The van der Waals surface area contributed by atoms with E-state index in [1.165, 1.54) is 14.2 Å². The van der Waals surface area contributed by atoms with Crippen molar-refractivity contribution < 1.29 is 19.0 Å². The van der Waals surface area contributed by atoms with Crippen LogP contribution in [0.15, 0.2) is 54.6 Å². The molecule has 0 radical (unpaired) electrons. The predicted molar refractivity (Wildman–Crippen MR) is 102 cm³/mol. The fourth-order valence-corrected chi connectivity index (χ4v) is 2.52. The summed E-state index contributed by atoms with van der Waals surface area (Å²) in [6, 6.07) is 15.9. The van der Waals surface area contributed by atoms with E-state index in [-0.39, 0.29) is 5.91 Å². The third kappa shape index (κ3) is 4.14. The fourth-order valence-electron chi connectivity index (χ4n) is 2.52. The van der Waals surface area contributed by atoms with Gasteiger partial charge in [-0.1, -0.05) is 12.1 Å². The van der Waals surface area contributed by atoms with Crippen LogP contribution in [0.1, 0.15) is 10.4 Å². The highest BCUT2D eigenvalue weighted by Gasteiger charge is 2.14. The standard InChI is InChI=1S/C20H19N3O4/c1-25-15-7-8-16(18(12-15)26-2)20(24)21-14-6-4-5-13(11-14)17-9-10-19(27-3)23-22-17/h4-12H,1-3H3,(H,21,24). The van der Waals surface area contributed by atoms with Gasteiger partial charge in [0.25, 0.3) is 5.91 Å². The van der Waals surface area contributed by atoms with Crippen molar-refractivity contribution in [3.63, 3.8) is 0 Å². The van der Waals surface area contributed by atoms with Crippen LogP contribution in [-0.4, -0.2) is 37.4 Å². The van der Waals surface area contributed by atoms with Crippen LogP contribution in [0.2, 0.25) is 0 Å². The van der Waals surface area contributed by atoms with Crippen LogP contribution in [0.25, 0.3) is 11.3 Å². The first-order chi connectivity index (χ1) is 13.1. The van der Waals surface area contributed by atoms with Gasteiger partial charge in [0.2, 0.25) is 5.88 Å². The minimum atomic E-state index is -0.285. The summed E-state index contributed by atoms with van der Waals surface area (Å²) in [6.45, 7) is 0. The van der Waals surface area contributed by atoms with Gasteiger partial charge < -0.3 is 19.5 Å². The summed E-state index contributed by atoms with van der Waals surface area (Å²) in [5, 5.41) is 11.0. The van der Waals surface area contributed by atoms with Crippen molar-refractivity contribution in [2.24, 2.45) is 0 Å². The Morgan fingerprint density at radius 1 is 0.889 bits per heavy atom. The van der Waals surface area contributed by atoms with Crippen LogP contribution in [0.3, 0.4) is 0 Å². The van der Waals surface area contributed by atoms with Crippen molar-refractivity contribution in [2.45, 2.75) is 0 Å². The minimum Gasteiger partial charge on any atom is -0.497 e. The summed E-state index contributed by atoms with van der Waals surface area (Å²) < 4.78 is 15.5. The average molecular weight is 365 g/mol. The Kier molecular flexibility index (Phi) is 5.51. The monoisotopic (exact) mass is 365 g/mol. The summed E-state index contributed by atoms with van der Waals surface area (Å²) in [7, 11) is 4.60. The van der Waals surface area contributed by atoms with Crippen molar-refractivity contribution in [1.82, 2.24) is 10.2 Å². The van der Waals surface area contributed by atoms with Gasteiger partial charge in [-0.3, -0.25) is 4.79 Å². The second-order valence-corrected chi connectivity index (χ2v) is 5.56. The highest BCUT2D eigenvalue weighted by atomic mass is 16.5. The molecular weight excluding hydrogens is 346 g/mol. The van der Waals surface area contributed by atoms with E-state index >= 15 is 0 Å². The van der Waals surface area contributed by atoms with Crippen molar-refractivity contribution in [2.75, 3.05) is 26.6 Å². The van der Waals surface area contributed by atoms with Gasteiger partial charge in [-0.15, -0.1) is 10.2 Å². The van der Waals surface area contributed by atoms with E-state index in [4.69, 9.17) is 14.2 Å². The molecule has 0 aliphatic carbocycles. The normalized spacial score (nSPS) is 10.2. The Morgan fingerprint density at radius 3 is 2.41 bits per heavy atom. The summed E-state index contributed by atoms with van der Waals surface area (Å²) >= 11 is 0. The molecular formula is C20H19N3O4. The lowest BCUT2D eigenvalue weighted by molar-refractivity contribution is 0.102. The third-order valence-corrected chi connectivity index (χ3v) is 3.92. The molecule has 0 saturated carbocycles. The molecule has 0 bridgehead atoms. The molecule has 2 aromatic carbocycles. The van der Waals surface area contributed by atoms with Crippen LogP contribution in [0.4, 0.5) is 5.69 Å². The number of anilines is 1. The number of carbonyl (C=O) groups is 1. The van der Waals surface area contributed by atoms with Gasteiger partial charge in [0.15, 0.2) is 0 Å². The first-order valence-electron chi connectivity index (χ1n) is 8.16. The van der Waals surface area contributed by atoms with Gasteiger partial charge >= 0.3 is 0 Å². The Bertz CT molecular complexity index is 942. The molecule has 0 spiro atoms. The average Bonchev–Trinajstić information content (AvgIpc) is 2.73. The van der Waals surface area contributed by atoms with Crippen LogP contribution in [0, 0.1) is 0 Å². The van der Waals surface area contributed by atoms with Gasteiger partial charge in [-0.2, -0.15) is 0 Å². The van der Waals surface area contributed by atoms with E-state index in [0.29, 0.717) is 34.3 Å². The van der Waals surface area contributed by atoms with Gasteiger partial charge in [0.05, 0.1) is 32.6 Å². The molecule has 1 amide bonds. The van der Waals surface area contributed by atoms with Crippen molar-refractivity contribution in [1.29, 1.82) is 0 Å². The number of carbonyl (C=O) groups excluding carboxylic acids is 1. The number of benzene rings is 2. The minimum absolute atomic E-state index is 0.285. The van der Waals surface area contributed by atoms with Gasteiger partial charge in [-0.25, -0.2) is 0 Å². The van der Waals surface area contributed by atoms with E-state index in [1.54, 1.807) is 43.5 Å². The lowest BCUT2D eigenvalue weighted by atomic mass is 10.1. The molecule has 3 rings (SSSR count). The Balaban J connectivity index is 1.82. The molecule has 0 aliphatic rings. The molecule has 1 aromatic heterocycles. The van der Waals surface area contributed by atoms with Gasteiger partial charge in [0, 0.05) is 23.4 Å². The zero-order valence-electron chi connectivity index (χ0n) is 15.2. The predicted octanol–water partition coefficient (Wildman–Crippen LogP) is 3.42. The highest BCUT2D eigenvalue weighted by molar-refractivity contribution is 6.06. The molecule has 1 heterocycles. The van der Waals surface area contributed by atoms with E-state index in [0.717, 1.165) is 5.56 Å². The second-order valence-electron chi connectivity index (χ2n) is 5.56. The van der Waals surface area contributed by atoms with Crippen molar-refractivity contribution in [3.8, 4) is 28.6 Å². The molecule has 0 aliphatic heterocycles. The zero-order chi connectivity index (χ0) is 19.2. The Labute approximate surface area is 156 Å². The molecule has 1 N–H and O–H groups in total.